The molecule has 0 saturated heterocycles. The summed E-state index contributed by atoms with van der Waals surface area (Å²) in [5.74, 6) is 4.89. The fraction of sp³-hybridized carbons (Fsp3) is 0.250. The van der Waals surface area contributed by atoms with E-state index in [1.807, 2.05) is 32.0 Å². The molecule has 0 heterocycles. The first-order chi connectivity index (χ1) is 5.66. The van der Waals surface area contributed by atoms with Crippen LogP contribution in [0.1, 0.15) is 11.1 Å². The average Bonchev–Trinajstić information content (AvgIpc) is 2.03. The maximum absolute atomic E-state index is 9.34. The minimum absolute atomic E-state index is 0.750. The van der Waals surface area contributed by atoms with E-state index in [2.05, 4.69) is 4.76 Å². The van der Waals surface area contributed by atoms with Crippen molar-refractivity contribution in [1.82, 2.24) is 0 Å². The zero-order valence-electron chi connectivity index (χ0n) is 7.24. The first-order valence-corrected chi connectivity index (χ1v) is 3.76. The molecule has 0 bridgehead atoms. The maximum Gasteiger partial charge on any atom is 0.508 e. The lowest BCUT2D eigenvalue weighted by Gasteiger charge is -2.09. The number of aryl methyl sites for hydroxylation is 2. The third kappa shape index (κ3) is 1.66. The van der Waals surface area contributed by atoms with E-state index >= 15 is 0 Å². The Bertz CT molecular complexity index is 258. The van der Waals surface area contributed by atoms with E-state index in [9.17, 15) is 5.02 Å². The Labute approximate surface area is 72.3 Å². The van der Waals surface area contributed by atoms with Crippen LogP contribution in [-0.2, 0) is 4.76 Å². The van der Waals surface area contributed by atoms with Crippen molar-refractivity contribution in [2.24, 2.45) is 5.90 Å². The number of hydrogen-bond acceptors (Lipinski definition) is 3. The van der Waals surface area contributed by atoms with Gasteiger partial charge in [-0.3, -0.25) is 0 Å². The molecular formula is C8H12BNO2. The van der Waals surface area contributed by atoms with E-state index < -0.39 is 7.12 Å². The largest absolute Gasteiger partial charge is 0.508 e. The van der Waals surface area contributed by atoms with E-state index in [1.54, 1.807) is 0 Å². The van der Waals surface area contributed by atoms with Gasteiger partial charge in [0.05, 0.1) is 0 Å². The summed E-state index contributed by atoms with van der Waals surface area (Å²) < 4.78 is 4.35. The van der Waals surface area contributed by atoms with Gasteiger partial charge in [-0.15, -0.1) is 0 Å². The molecule has 0 atom stereocenters. The van der Waals surface area contributed by atoms with Crippen molar-refractivity contribution in [2.45, 2.75) is 13.8 Å². The fourth-order valence-electron chi connectivity index (χ4n) is 1.28. The highest BCUT2D eigenvalue weighted by atomic mass is 16.6. The quantitative estimate of drug-likeness (QED) is 0.474. The third-order valence-electron chi connectivity index (χ3n) is 1.92. The summed E-state index contributed by atoms with van der Waals surface area (Å²) in [6, 6.07) is 5.74. The van der Waals surface area contributed by atoms with Crippen LogP contribution in [0, 0.1) is 13.8 Å². The predicted octanol–water partition coefficient (Wildman–Crippen LogP) is -0.119. The molecule has 12 heavy (non-hydrogen) atoms. The number of rotatable bonds is 2. The molecule has 0 amide bonds. The Balaban J connectivity index is 3.12. The monoisotopic (exact) mass is 165 g/mol. The summed E-state index contributed by atoms with van der Waals surface area (Å²) in [5, 5.41) is 9.34. The second-order valence-electron chi connectivity index (χ2n) is 2.79. The van der Waals surface area contributed by atoms with Crippen molar-refractivity contribution in [2.75, 3.05) is 0 Å². The Morgan fingerprint density at radius 2 is 1.83 bits per heavy atom. The van der Waals surface area contributed by atoms with E-state index in [1.165, 1.54) is 0 Å². The normalized spacial score (nSPS) is 10.0. The van der Waals surface area contributed by atoms with Gasteiger partial charge in [-0.05, 0) is 19.3 Å². The SMILES string of the molecule is Cc1cccc(C)c1B(O)ON. The van der Waals surface area contributed by atoms with Crippen molar-refractivity contribution < 1.29 is 9.78 Å². The summed E-state index contributed by atoms with van der Waals surface area (Å²) in [7, 11) is -1.02. The molecule has 3 N–H and O–H groups in total. The molecular weight excluding hydrogens is 153 g/mol. The summed E-state index contributed by atoms with van der Waals surface area (Å²) in [6.45, 7) is 3.81. The van der Waals surface area contributed by atoms with Gasteiger partial charge in [-0.2, -0.15) is 0 Å². The molecule has 1 aromatic carbocycles. The molecule has 0 saturated carbocycles. The van der Waals surface area contributed by atoms with Gasteiger partial charge in [-0.1, -0.05) is 29.3 Å². The average molecular weight is 165 g/mol. The topological polar surface area (TPSA) is 55.5 Å². The van der Waals surface area contributed by atoms with Crippen molar-refractivity contribution in [1.29, 1.82) is 0 Å². The second-order valence-corrected chi connectivity index (χ2v) is 2.79. The summed E-state index contributed by atoms with van der Waals surface area (Å²) in [4.78, 5) is 0. The lowest BCUT2D eigenvalue weighted by molar-refractivity contribution is 0.280. The Morgan fingerprint density at radius 1 is 1.33 bits per heavy atom. The Kier molecular flexibility index (Phi) is 2.86. The van der Waals surface area contributed by atoms with Gasteiger partial charge < -0.3 is 9.78 Å². The summed E-state index contributed by atoms with van der Waals surface area (Å²) in [6.07, 6.45) is 0. The Morgan fingerprint density at radius 3 is 2.25 bits per heavy atom. The zero-order chi connectivity index (χ0) is 9.14. The first kappa shape index (κ1) is 9.25. The molecule has 1 rings (SSSR count). The van der Waals surface area contributed by atoms with Gasteiger partial charge in [0.15, 0.2) is 0 Å². The predicted molar refractivity (Wildman–Crippen MR) is 48.8 cm³/mol. The third-order valence-corrected chi connectivity index (χ3v) is 1.92. The van der Waals surface area contributed by atoms with Crippen LogP contribution in [0.2, 0.25) is 0 Å². The summed E-state index contributed by atoms with van der Waals surface area (Å²) >= 11 is 0. The van der Waals surface area contributed by atoms with E-state index in [0.717, 1.165) is 16.6 Å². The first-order valence-electron chi connectivity index (χ1n) is 3.76. The number of nitrogens with two attached hydrogens (primary N) is 1. The van der Waals surface area contributed by atoms with Crippen molar-refractivity contribution in [3.63, 3.8) is 0 Å². The molecule has 3 nitrogen and oxygen atoms in total. The van der Waals surface area contributed by atoms with Gasteiger partial charge in [0.1, 0.15) is 0 Å². The van der Waals surface area contributed by atoms with Crippen LogP contribution in [0.25, 0.3) is 0 Å². The Hall–Kier alpha value is -0.835. The van der Waals surface area contributed by atoms with Crippen LogP contribution >= 0.6 is 0 Å². The highest BCUT2D eigenvalue weighted by molar-refractivity contribution is 6.60. The molecule has 0 radical (unpaired) electrons. The molecule has 0 aliphatic carbocycles. The molecule has 0 aliphatic heterocycles. The highest BCUT2D eigenvalue weighted by Gasteiger charge is 2.19. The van der Waals surface area contributed by atoms with Gasteiger partial charge in [-0.25, -0.2) is 5.90 Å². The maximum atomic E-state index is 9.34. The van der Waals surface area contributed by atoms with Crippen molar-refractivity contribution in [3.05, 3.63) is 29.3 Å². The molecule has 1 aromatic rings. The smallest absolute Gasteiger partial charge is 0.422 e. The van der Waals surface area contributed by atoms with Crippen LogP contribution in [-0.4, -0.2) is 12.1 Å². The molecule has 0 aliphatic rings. The lowest BCUT2D eigenvalue weighted by atomic mass is 9.74. The molecule has 0 spiro atoms. The molecule has 64 valence electrons. The lowest BCUT2D eigenvalue weighted by Crippen LogP contribution is -2.39. The molecule has 0 unspecified atom stereocenters. The highest BCUT2D eigenvalue weighted by Crippen LogP contribution is 2.00. The van der Waals surface area contributed by atoms with E-state index in [-0.39, 0.29) is 0 Å². The van der Waals surface area contributed by atoms with Crippen LogP contribution < -0.4 is 11.4 Å². The molecule has 0 aromatic heterocycles. The van der Waals surface area contributed by atoms with E-state index in [4.69, 9.17) is 5.90 Å². The second kappa shape index (κ2) is 3.71. The van der Waals surface area contributed by atoms with Crippen LogP contribution in [0.5, 0.6) is 0 Å². The van der Waals surface area contributed by atoms with Crippen LogP contribution in [0.3, 0.4) is 0 Å². The van der Waals surface area contributed by atoms with Crippen LogP contribution in [0.4, 0.5) is 0 Å². The van der Waals surface area contributed by atoms with Crippen molar-refractivity contribution >= 4 is 12.6 Å². The zero-order valence-corrected chi connectivity index (χ0v) is 7.24. The van der Waals surface area contributed by atoms with Gasteiger partial charge >= 0.3 is 7.12 Å². The minimum Gasteiger partial charge on any atom is -0.422 e. The number of benzene rings is 1. The number of hydrogen-bond donors (Lipinski definition) is 2. The minimum atomic E-state index is -1.02. The van der Waals surface area contributed by atoms with Crippen LogP contribution in [0.15, 0.2) is 18.2 Å². The fourth-order valence-corrected chi connectivity index (χ4v) is 1.28. The van der Waals surface area contributed by atoms with Gasteiger partial charge in [0.2, 0.25) is 0 Å². The van der Waals surface area contributed by atoms with Gasteiger partial charge in [0, 0.05) is 0 Å². The summed E-state index contributed by atoms with van der Waals surface area (Å²) in [5.41, 5.74) is 2.71. The van der Waals surface area contributed by atoms with E-state index in [0.29, 0.717) is 0 Å². The molecule has 4 heteroatoms. The van der Waals surface area contributed by atoms with Crippen molar-refractivity contribution in [3.8, 4) is 0 Å². The van der Waals surface area contributed by atoms with Gasteiger partial charge in [0.25, 0.3) is 0 Å². The standard InChI is InChI=1S/C8H12BNO2/c1-6-4-3-5-7(2)8(6)9(11)12-10/h3-5,11H,10H2,1-2H3. The molecule has 0 fully saturated rings.